The number of amides is 3. The summed E-state index contributed by atoms with van der Waals surface area (Å²) in [6.45, 7) is 3.97. The van der Waals surface area contributed by atoms with Gasteiger partial charge >= 0.3 is 0 Å². The van der Waals surface area contributed by atoms with Gasteiger partial charge in [0.25, 0.3) is 11.1 Å². The summed E-state index contributed by atoms with van der Waals surface area (Å²) in [6.07, 6.45) is 3.60. The Morgan fingerprint density at radius 1 is 1.03 bits per heavy atom. The van der Waals surface area contributed by atoms with Crippen LogP contribution in [0.4, 0.5) is 14.9 Å². The minimum absolute atomic E-state index is 0.259. The van der Waals surface area contributed by atoms with E-state index in [1.165, 1.54) is 12.1 Å². The van der Waals surface area contributed by atoms with Crippen molar-refractivity contribution >= 4 is 51.5 Å². The number of para-hydroxylation sites is 1. The average molecular weight is 514 g/mol. The van der Waals surface area contributed by atoms with Gasteiger partial charge in [0.05, 0.1) is 4.91 Å². The molecule has 1 aliphatic heterocycles. The molecule has 0 radical (unpaired) electrons. The molecule has 186 valence electrons. The SMILES string of the molecule is Cc1ccc(C)c(NC(=O)CN2C(=O)S/C(=C\c3cn(Cc4ccc(F)cc4)c4ccccc34)C2=O)c1. The fourth-order valence-corrected chi connectivity index (χ4v) is 5.12. The maximum Gasteiger partial charge on any atom is 0.294 e. The van der Waals surface area contributed by atoms with Gasteiger partial charge < -0.3 is 9.88 Å². The first-order valence-corrected chi connectivity index (χ1v) is 12.5. The van der Waals surface area contributed by atoms with Crippen molar-refractivity contribution in [3.05, 3.63) is 106 Å². The molecule has 4 aromatic rings. The Balaban J connectivity index is 1.37. The zero-order valence-corrected chi connectivity index (χ0v) is 21.1. The number of benzene rings is 3. The Kier molecular flexibility index (Phi) is 6.67. The Bertz CT molecular complexity index is 1570. The lowest BCUT2D eigenvalue weighted by molar-refractivity contribution is -0.127. The van der Waals surface area contributed by atoms with E-state index in [0.29, 0.717) is 12.2 Å². The molecule has 1 N–H and O–H groups in total. The molecule has 1 saturated heterocycles. The number of fused-ring (bicyclic) bond motifs is 1. The molecule has 3 aromatic carbocycles. The van der Waals surface area contributed by atoms with Gasteiger partial charge in [-0.3, -0.25) is 19.3 Å². The highest BCUT2D eigenvalue weighted by atomic mass is 32.2. The van der Waals surface area contributed by atoms with Crippen LogP contribution in [0.3, 0.4) is 0 Å². The van der Waals surface area contributed by atoms with Crippen LogP contribution >= 0.6 is 11.8 Å². The summed E-state index contributed by atoms with van der Waals surface area (Å²) in [5, 5.41) is 3.23. The molecule has 5 rings (SSSR count). The van der Waals surface area contributed by atoms with E-state index < -0.39 is 17.1 Å². The van der Waals surface area contributed by atoms with Gasteiger partial charge in [0, 0.05) is 34.9 Å². The lowest BCUT2D eigenvalue weighted by Crippen LogP contribution is -2.36. The number of thioether (sulfide) groups is 1. The van der Waals surface area contributed by atoms with Crippen LogP contribution in [0.1, 0.15) is 22.3 Å². The number of hydrogen-bond acceptors (Lipinski definition) is 4. The highest BCUT2D eigenvalue weighted by Gasteiger charge is 2.36. The summed E-state index contributed by atoms with van der Waals surface area (Å²) in [6, 6.07) is 19.8. The smallest absolute Gasteiger partial charge is 0.294 e. The van der Waals surface area contributed by atoms with E-state index in [0.717, 1.165) is 49.8 Å². The van der Waals surface area contributed by atoms with E-state index >= 15 is 0 Å². The van der Waals surface area contributed by atoms with E-state index in [2.05, 4.69) is 5.32 Å². The van der Waals surface area contributed by atoms with Crippen molar-refractivity contribution in [1.29, 1.82) is 0 Å². The van der Waals surface area contributed by atoms with Crippen molar-refractivity contribution in [2.24, 2.45) is 0 Å². The van der Waals surface area contributed by atoms with Crippen molar-refractivity contribution < 1.29 is 18.8 Å². The zero-order chi connectivity index (χ0) is 26.1. The highest BCUT2D eigenvalue weighted by molar-refractivity contribution is 8.18. The normalized spacial score (nSPS) is 14.7. The summed E-state index contributed by atoms with van der Waals surface area (Å²) in [7, 11) is 0. The van der Waals surface area contributed by atoms with Crippen LogP contribution in [-0.4, -0.2) is 33.1 Å². The second-order valence-corrected chi connectivity index (χ2v) is 9.98. The Morgan fingerprint density at radius 2 is 1.78 bits per heavy atom. The number of carbonyl (C=O) groups is 3. The molecule has 37 heavy (non-hydrogen) atoms. The van der Waals surface area contributed by atoms with Gasteiger partial charge in [-0.05, 0) is 72.6 Å². The third kappa shape index (κ3) is 5.20. The van der Waals surface area contributed by atoms with Gasteiger partial charge in [0.2, 0.25) is 5.91 Å². The number of nitrogens with one attached hydrogen (secondary N) is 1. The van der Waals surface area contributed by atoms with Crippen LogP contribution in [-0.2, 0) is 16.1 Å². The number of hydrogen-bond donors (Lipinski definition) is 1. The number of halogens is 1. The molecule has 1 aromatic heterocycles. The van der Waals surface area contributed by atoms with Crippen molar-refractivity contribution in [2.45, 2.75) is 20.4 Å². The van der Waals surface area contributed by atoms with Crippen molar-refractivity contribution in [2.75, 3.05) is 11.9 Å². The summed E-state index contributed by atoms with van der Waals surface area (Å²) in [4.78, 5) is 39.6. The Labute approximate surface area is 217 Å². The first-order chi connectivity index (χ1) is 17.8. The van der Waals surface area contributed by atoms with E-state index in [1.807, 2.05) is 67.1 Å². The van der Waals surface area contributed by atoms with Crippen LogP contribution in [0.5, 0.6) is 0 Å². The van der Waals surface area contributed by atoms with Gasteiger partial charge in [-0.2, -0.15) is 0 Å². The van der Waals surface area contributed by atoms with Crippen LogP contribution in [0.15, 0.2) is 77.8 Å². The van der Waals surface area contributed by atoms with Crippen LogP contribution in [0.25, 0.3) is 17.0 Å². The van der Waals surface area contributed by atoms with Crippen LogP contribution in [0.2, 0.25) is 0 Å². The van der Waals surface area contributed by atoms with Crippen molar-refractivity contribution in [3.8, 4) is 0 Å². The summed E-state index contributed by atoms with van der Waals surface area (Å²) in [5.74, 6) is -1.23. The quantitative estimate of drug-likeness (QED) is 0.315. The second-order valence-electron chi connectivity index (χ2n) is 8.99. The van der Waals surface area contributed by atoms with Gasteiger partial charge in [-0.1, -0.05) is 42.5 Å². The van der Waals surface area contributed by atoms with Gasteiger partial charge in [0.1, 0.15) is 12.4 Å². The predicted molar refractivity (Wildman–Crippen MR) is 145 cm³/mol. The fourth-order valence-electron chi connectivity index (χ4n) is 4.29. The molecule has 3 amide bonds. The molecule has 0 unspecified atom stereocenters. The number of rotatable bonds is 6. The molecule has 0 spiro atoms. The molecule has 1 aliphatic rings. The summed E-state index contributed by atoms with van der Waals surface area (Å²) >= 11 is 0.822. The molecular weight excluding hydrogens is 489 g/mol. The first kappa shape index (κ1) is 24.5. The third-order valence-electron chi connectivity index (χ3n) is 6.21. The predicted octanol–water partition coefficient (Wildman–Crippen LogP) is 6.12. The zero-order valence-electron chi connectivity index (χ0n) is 20.3. The lowest BCUT2D eigenvalue weighted by atomic mass is 10.1. The van der Waals surface area contributed by atoms with Gasteiger partial charge in [-0.15, -0.1) is 0 Å². The maximum absolute atomic E-state index is 13.3. The van der Waals surface area contributed by atoms with Crippen LogP contribution in [0, 0.1) is 19.7 Å². The molecule has 0 bridgehead atoms. The highest BCUT2D eigenvalue weighted by Crippen LogP contribution is 2.34. The molecule has 0 atom stereocenters. The Morgan fingerprint density at radius 3 is 2.57 bits per heavy atom. The minimum atomic E-state index is -0.499. The number of nitrogens with zero attached hydrogens (tertiary/aromatic N) is 2. The molecule has 8 heteroatoms. The minimum Gasteiger partial charge on any atom is -0.342 e. The Hall–Kier alpha value is -4.17. The molecule has 0 saturated carbocycles. The molecule has 0 aliphatic carbocycles. The molecule has 6 nitrogen and oxygen atoms in total. The standard InChI is InChI=1S/C29H24FN3O3S/c1-18-7-8-19(2)24(13-18)31-27(34)17-33-28(35)26(37-29(33)36)14-21-16-32(25-6-4-3-5-23(21)25)15-20-9-11-22(30)12-10-20/h3-14,16H,15,17H2,1-2H3,(H,31,34)/b26-14-. The van der Waals surface area contributed by atoms with Crippen molar-refractivity contribution in [3.63, 3.8) is 0 Å². The average Bonchev–Trinajstić information content (AvgIpc) is 3.34. The van der Waals surface area contributed by atoms with E-state index in [9.17, 15) is 18.8 Å². The third-order valence-corrected chi connectivity index (χ3v) is 7.12. The summed E-state index contributed by atoms with van der Waals surface area (Å²) in [5.41, 5.74) is 5.21. The molecular formula is C29H24FN3O3S. The van der Waals surface area contributed by atoms with Crippen molar-refractivity contribution in [1.82, 2.24) is 9.47 Å². The monoisotopic (exact) mass is 513 g/mol. The largest absolute Gasteiger partial charge is 0.342 e. The van der Waals surface area contributed by atoms with E-state index in [-0.39, 0.29) is 17.3 Å². The lowest BCUT2D eigenvalue weighted by Gasteiger charge is -2.14. The van der Waals surface area contributed by atoms with E-state index in [1.54, 1.807) is 18.2 Å². The van der Waals surface area contributed by atoms with E-state index in [4.69, 9.17) is 0 Å². The van der Waals surface area contributed by atoms with Gasteiger partial charge in [0.15, 0.2) is 0 Å². The fraction of sp³-hybridized carbons (Fsp3) is 0.138. The maximum atomic E-state index is 13.3. The number of carbonyl (C=O) groups excluding carboxylic acids is 3. The molecule has 2 heterocycles. The first-order valence-electron chi connectivity index (χ1n) is 11.7. The number of aryl methyl sites for hydroxylation is 2. The number of imide groups is 1. The van der Waals surface area contributed by atoms with Gasteiger partial charge in [-0.25, -0.2) is 4.39 Å². The number of aromatic nitrogens is 1. The summed E-state index contributed by atoms with van der Waals surface area (Å²) < 4.78 is 15.4. The number of anilines is 1. The topological polar surface area (TPSA) is 71.4 Å². The second kappa shape index (κ2) is 10.1. The van der Waals surface area contributed by atoms with Crippen LogP contribution < -0.4 is 5.32 Å². The molecule has 1 fully saturated rings.